The first kappa shape index (κ1) is 11.4. The summed E-state index contributed by atoms with van der Waals surface area (Å²) in [5.41, 5.74) is 9.52. The van der Waals surface area contributed by atoms with Crippen LogP contribution in [0.2, 0.25) is 0 Å². The lowest BCUT2D eigenvalue weighted by Gasteiger charge is -2.22. The van der Waals surface area contributed by atoms with Gasteiger partial charge in [-0.05, 0) is 49.2 Å². The number of hydrogen-bond donors (Lipinski definition) is 1. The molecule has 0 bridgehead atoms. The predicted octanol–water partition coefficient (Wildman–Crippen LogP) is 2.50. The third-order valence-corrected chi connectivity index (χ3v) is 3.39. The lowest BCUT2D eigenvalue weighted by molar-refractivity contribution is 0.444. The first-order valence-electron chi connectivity index (χ1n) is 5.40. The molecule has 2 aromatic heterocycles. The van der Waals surface area contributed by atoms with Crippen LogP contribution in [0.1, 0.15) is 29.9 Å². The molecule has 0 aromatic carbocycles. The second-order valence-corrected chi connectivity index (χ2v) is 5.01. The zero-order valence-electron chi connectivity index (χ0n) is 9.84. The molecule has 2 heterocycles. The third kappa shape index (κ3) is 2.03. The van der Waals surface area contributed by atoms with Gasteiger partial charge in [0, 0.05) is 11.7 Å². The van der Waals surface area contributed by atoms with Crippen molar-refractivity contribution in [2.45, 2.75) is 32.9 Å². The van der Waals surface area contributed by atoms with Gasteiger partial charge < -0.3 is 5.73 Å². The minimum absolute atomic E-state index is 0.0487. The number of thiophene rings is 1. The van der Waals surface area contributed by atoms with Crippen LogP contribution in [0.25, 0.3) is 0 Å². The molecule has 2 atom stereocenters. The molecule has 2 unspecified atom stereocenters. The van der Waals surface area contributed by atoms with Crippen molar-refractivity contribution in [2.24, 2.45) is 5.73 Å². The van der Waals surface area contributed by atoms with Gasteiger partial charge >= 0.3 is 0 Å². The van der Waals surface area contributed by atoms with E-state index in [1.165, 1.54) is 5.56 Å². The maximum atomic E-state index is 6.08. The number of aryl methyl sites for hydroxylation is 2. The van der Waals surface area contributed by atoms with Gasteiger partial charge in [0.2, 0.25) is 0 Å². The van der Waals surface area contributed by atoms with E-state index in [0.29, 0.717) is 0 Å². The Morgan fingerprint density at radius 3 is 2.62 bits per heavy atom. The summed E-state index contributed by atoms with van der Waals surface area (Å²) in [4.78, 5) is 0. The van der Waals surface area contributed by atoms with Gasteiger partial charge in [-0.25, -0.2) is 0 Å². The Morgan fingerprint density at radius 1 is 1.44 bits per heavy atom. The molecule has 0 saturated carbocycles. The first-order chi connectivity index (χ1) is 7.59. The maximum Gasteiger partial charge on any atom is 0.0927 e. The van der Waals surface area contributed by atoms with E-state index in [0.717, 1.165) is 11.4 Å². The zero-order chi connectivity index (χ0) is 11.7. The Balaban J connectivity index is 2.45. The molecule has 0 saturated heterocycles. The van der Waals surface area contributed by atoms with Gasteiger partial charge in [0.1, 0.15) is 0 Å². The van der Waals surface area contributed by atoms with E-state index in [-0.39, 0.29) is 12.1 Å². The van der Waals surface area contributed by atoms with Gasteiger partial charge in [-0.2, -0.15) is 16.4 Å². The molecule has 3 nitrogen and oxygen atoms in total. The van der Waals surface area contributed by atoms with Crippen LogP contribution in [0.5, 0.6) is 0 Å². The molecule has 4 heteroatoms. The summed E-state index contributed by atoms with van der Waals surface area (Å²) in [6.45, 7) is 6.11. The van der Waals surface area contributed by atoms with Crippen molar-refractivity contribution in [3.8, 4) is 0 Å². The van der Waals surface area contributed by atoms with Gasteiger partial charge in [0.05, 0.1) is 11.7 Å². The second kappa shape index (κ2) is 4.39. The van der Waals surface area contributed by atoms with Crippen molar-refractivity contribution in [1.82, 2.24) is 9.78 Å². The van der Waals surface area contributed by atoms with E-state index in [1.54, 1.807) is 11.3 Å². The molecule has 2 N–H and O–H groups in total. The lowest BCUT2D eigenvalue weighted by atomic mass is 10.0. The summed E-state index contributed by atoms with van der Waals surface area (Å²) in [7, 11) is 0. The van der Waals surface area contributed by atoms with E-state index >= 15 is 0 Å². The van der Waals surface area contributed by atoms with Crippen LogP contribution in [0, 0.1) is 13.8 Å². The van der Waals surface area contributed by atoms with E-state index in [1.807, 2.05) is 18.5 Å². The average molecular weight is 235 g/mol. The third-order valence-electron chi connectivity index (χ3n) is 2.69. The minimum Gasteiger partial charge on any atom is -0.326 e. The fourth-order valence-corrected chi connectivity index (χ4v) is 2.73. The Hall–Kier alpha value is -1.13. The minimum atomic E-state index is 0.0487. The molecular weight excluding hydrogens is 218 g/mol. The predicted molar refractivity (Wildman–Crippen MR) is 67.8 cm³/mol. The highest BCUT2D eigenvalue weighted by molar-refractivity contribution is 7.07. The van der Waals surface area contributed by atoms with Crippen LogP contribution in [-0.2, 0) is 0 Å². The maximum absolute atomic E-state index is 6.08. The second-order valence-electron chi connectivity index (χ2n) is 4.23. The summed E-state index contributed by atoms with van der Waals surface area (Å²) in [6, 6.07) is 4.39. The molecule has 16 heavy (non-hydrogen) atoms. The van der Waals surface area contributed by atoms with Crippen LogP contribution in [0.15, 0.2) is 22.9 Å². The summed E-state index contributed by atoms with van der Waals surface area (Å²) >= 11 is 1.70. The lowest BCUT2D eigenvalue weighted by Crippen LogP contribution is -2.31. The molecule has 0 amide bonds. The van der Waals surface area contributed by atoms with Crippen LogP contribution in [0.3, 0.4) is 0 Å². The van der Waals surface area contributed by atoms with E-state index in [4.69, 9.17) is 5.73 Å². The van der Waals surface area contributed by atoms with Crippen LogP contribution in [-0.4, -0.2) is 15.8 Å². The van der Waals surface area contributed by atoms with Crippen molar-refractivity contribution >= 4 is 11.3 Å². The first-order valence-corrected chi connectivity index (χ1v) is 6.34. The quantitative estimate of drug-likeness (QED) is 0.888. The number of nitrogens with zero attached hydrogens (tertiary/aromatic N) is 2. The number of hydrogen-bond acceptors (Lipinski definition) is 3. The Morgan fingerprint density at radius 2 is 2.19 bits per heavy atom. The van der Waals surface area contributed by atoms with Gasteiger partial charge in [-0.1, -0.05) is 0 Å². The van der Waals surface area contributed by atoms with Crippen molar-refractivity contribution in [2.75, 3.05) is 0 Å². The SMILES string of the molecule is Cc1cc(C)n(C(c2ccsc2)C(C)N)n1. The molecule has 0 aliphatic rings. The number of nitrogens with two attached hydrogens (primary N) is 1. The fourth-order valence-electron chi connectivity index (χ4n) is 2.04. The highest BCUT2D eigenvalue weighted by Crippen LogP contribution is 2.24. The molecule has 0 aliphatic heterocycles. The molecule has 86 valence electrons. The zero-order valence-corrected chi connectivity index (χ0v) is 10.7. The standard InChI is InChI=1S/C12H17N3S/c1-8-6-9(2)15(14-8)12(10(3)13)11-4-5-16-7-11/h4-7,10,12H,13H2,1-3H3. The average Bonchev–Trinajstić information content (AvgIpc) is 2.78. The van der Waals surface area contributed by atoms with E-state index in [2.05, 4.69) is 34.9 Å². The molecule has 0 spiro atoms. The Bertz CT molecular complexity index is 457. The van der Waals surface area contributed by atoms with Crippen LogP contribution in [0.4, 0.5) is 0 Å². The van der Waals surface area contributed by atoms with E-state index < -0.39 is 0 Å². The van der Waals surface area contributed by atoms with Crippen molar-refractivity contribution in [3.63, 3.8) is 0 Å². The van der Waals surface area contributed by atoms with E-state index in [9.17, 15) is 0 Å². The van der Waals surface area contributed by atoms with Gasteiger partial charge in [0.15, 0.2) is 0 Å². The topological polar surface area (TPSA) is 43.8 Å². The molecule has 0 radical (unpaired) electrons. The number of aromatic nitrogens is 2. The van der Waals surface area contributed by atoms with Gasteiger partial charge in [0.25, 0.3) is 0 Å². The highest BCUT2D eigenvalue weighted by atomic mass is 32.1. The van der Waals surface area contributed by atoms with Crippen molar-refractivity contribution in [3.05, 3.63) is 39.8 Å². The molecular formula is C12H17N3S. The van der Waals surface area contributed by atoms with Crippen LogP contribution < -0.4 is 5.73 Å². The van der Waals surface area contributed by atoms with Gasteiger partial charge in [-0.15, -0.1) is 0 Å². The smallest absolute Gasteiger partial charge is 0.0927 e. The van der Waals surface area contributed by atoms with Crippen LogP contribution >= 0.6 is 11.3 Å². The normalized spacial score (nSPS) is 15.0. The summed E-state index contributed by atoms with van der Waals surface area (Å²) in [6.07, 6.45) is 0. The Kier molecular flexibility index (Phi) is 3.12. The molecule has 2 rings (SSSR count). The summed E-state index contributed by atoms with van der Waals surface area (Å²) in [5, 5.41) is 8.75. The molecule has 0 aliphatic carbocycles. The molecule has 0 fully saturated rings. The van der Waals surface area contributed by atoms with Crippen molar-refractivity contribution < 1.29 is 0 Å². The summed E-state index contributed by atoms with van der Waals surface area (Å²) < 4.78 is 2.03. The fraction of sp³-hybridized carbons (Fsp3) is 0.417. The van der Waals surface area contributed by atoms with Gasteiger partial charge in [-0.3, -0.25) is 4.68 Å². The van der Waals surface area contributed by atoms with Crippen molar-refractivity contribution in [1.29, 1.82) is 0 Å². The monoisotopic (exact) mass is 235 g/mol. The largest absolute Gasteiger partial charge is 0.326 e. The number of rotatable bonds is 3. The summed E-state index contributed by atoms with van der Waals surface area (Å²) in [5.74, 6) is 0. The highest BCUT2D eigenvalue weighted by Gasteiger charge is 2.21. The Labute approximate surface area is 99.9 Å². The molecule has 2 aromatic rings.